The number of phenolic OH excluding ortho intramolecular Hbond substituents is 1. The third-order valence-electron chi connectivity index (χ3n) is 6.84. The van der Waals surface area contributed by atoms with E-state index in [1.54, 1.807) is 12.1 Å². The molecule has 2 N–H and O–H groups in total. The van der Waals surface area contributed by atoms with Crippen molar-refractivity contribution in [2.45, 2.75) is 51.4 Å². The van der Waals surface area contributed by atoms with E-state index >= 15 is 0 Å². The molecular formula is C21H26N2O. The van der Waals surface area contributed by atoms with Crippen LogP contribution in [-0.2, 0) is 6.42 Å². The van der Waals surface area contributed by atoms with Crippen molar-refractivity contribution in [1.29, 1.82) is 0 Å². The molecule has 1 aromatic carbocycles. The van der Waals surface area contributed by atoms with Gasteiger partial charge >= 0.3 is 0 Å². The second-order valence-electron chi connectivity index (χ2n) is 8.72. The number of nitrogens with one attached hydrogen (secondary N) is 1. The van der Waals surface area contributed by atoms with Crippen LogP contribution in [0.3, 0.4) is 0 Å². The molecule has 0 saturated heterocycles. The molecule has 2 aromatic rings. The second-order valence-corrected chi connectivity index (χ2v) is 8.72. The van der Waals surface area contributed by atoms with Gasteiger partial charge in [-0.05, 0) is 86.7 Å². The molecule has 1 heterocycles. The Kier molecular flexibility index (Phi) is 3.26. The first-order chi connectivity index (χ1) is 11.7. The van der Waals surface area contributed by atoms with Crippen LogP contribution in [-0.4, -0.2) is 15.1 Å². The lowest BCUT2D eigenvalue weighted by atomic mass is 9.48. The molecule has 0 amide bonds. The zero-order valence-corrected chi connectivity index (χ0v) is 14.2. The van der Waals surface area contributed by atoms with E-state index in [0.717, 1.165) is 35.6 Å². The van der Waals surface area contributed by atoms with E-state index in [-0.39, 0.29) is 0 Å². The zero-order chi connectivity index (χ0) is 16.1. The van der Waals surface area contributed by atoms with Gasteiger partial charge in [-0.2, -0.15) is 0 Å². The minimum atomic E-state index is 0.291. The van der Waals surface area contributed by atoms with Crippen LogP contribution < -0.4 is 0 Å². The van der Waals surface area contributed by atoms with Crippen molar-refractivity contribution in [1.82, 2.24) is 9.97 Å². The highest BCUT2D eigenvalue weighted by Crippen LogP contribution is 2.61. The van der Waals surface area contributed by atoms with Gasteiger partial charge in [0.1, 0.15) is 11.6 Å². The SMILES string of the molecule is Oc1cccc(-c2ncc(CCC34CC5CC(CC(C5)C3)C4)[nH]2)c1. The third kappa shape index (κ3) is 2.54. The predicted molar refractivity (Wildman–Crippen MR) is 94.6 cm³/mol. The Hall–Kier alpha value is -1.77. The number of phenols is 1. The van der Waals surface area contributed by atoms with Crippen molar-refractivity contribution >= 4 is 0 Å². The molecule has 0 unspecified atom stereocenters. The first-order valence-electron chi connectivity index (χ1n) is 9.51. The van der Waals surface area contributed by atoms with Gasteiger partial charge in [0.15, 0.2) is 0 Å². The molecule has 4 aliphatic rings. The Labute approximate surface area is 143 Å². The van der Waals surface area contributed by atoms with Crippen LogP contribution in [0.5, 0.6) is 5.75 Å². The third-order valence-corrected chi connectivity index (χ3v) is 6.84. The van der Waals surface area contributed by atoms with Crippen LogP contribution in [0, 0.1) is 23.2 Å². The van der Waals surface area contributed by atoms with Gasteiger partial charge in [-0.15, -0.1) is 0 Å². The summed E-state index contributed by atoms with van der Waals surface area (Å²) in [6.45, 7) is 0. The number of hydrogen-bond donors (Lipinski definition) is 2. The van der Waals surface area contributed by atoms with Crippen molar-refractivity contribution in [3.8, 4) is 17.1 Å². The highest BCUT2D eigenvalue weighted by Gasteiger charge is 2.50. The Morgan fingerprint density at radius 1 is 1.08 bits per heavy atom. The van der Waals surface area contributed by atoms with Gasteiger partial charge in [-0.1, -0.05) is 12.1 Å². The number of aromatic hydroxyl groups is 1. The van der Waals surface area contributed by atoms with Crippen molar-refractivity contribution in [2.75, 3.05) is 0 Å². The van der Waals surface area contributed by atoms with E-state index in [1.165, 1.54) is 50.6 Å². The Bertz CT molecular complexity index is 713. The number of imidazole rings is 1. The van der Waals surface area contributed by atoms with Crippen LogP contribution in [0.4, 0.5) is 0 Å². The molecule has 4 fully saturated rings. The number of aryl methyl sites for hydroxylation is 1. The van der Waals surface area contributed by atoms with Gasteiger partial charge < -0.3 is 10.1 Å². The molecule has 3 heteroatoms. The van der Waals surface area contributed by atoms with Gasteiger partial charge in [0.2, 0.25) is 0 Å². The lowest BCUT2D eigenvalue weighted by Crippen LogP contribution is -2.46. The van der Waals surface area contributed by atoms with Crippen LogP contribution in [0.2, 0.25) is 0 Å². The summed E-state index contributed by atoms with van der Waals surface area (Å²) in [5.74, 6) is 4.24. The summed E-state index contributed by atoms with van der Waals surface area (Å²) in [6, 6.07) is 7.31. The summed E-state index contributed by atoms with van der Waals surface area (Å²) in [4.78, 5) is 7.99. The van der Waals surface area contributed by atoms with Crippen LogP contribution >= 0.6 is 0 Å². The van der Waals surface area contributed by atoms with E-state index in [4.69, 9.17) is 0 Å². The largest absolute Gasteiger partial charge is 0.508 e. The minimum absolute atomic E-state index is 0.291. The first kappa shape index (κ1) is 14.6. The van der Waals surface area contributed by atoms with Crippen LogP contribution in [0.1, 0.15) is 50.6 Å². The van der Waals surface area contributed by atoms with Crippen molar-refractivity contribution in [2.24, 2.45) is 23.2 Å². The fraction of sp³-hybridized carbons (Fsp3) is 0.571. The van der Waals surface area contributed by atoms with Gasteiger partial charge in [-0.3, -0.25) is 0 Å². The molecule has 0 aliphatic heterocycles. The molecule has 3 nitrogen and oxygen atoms in total. The molecule has 6 rings (SSSR count). The van der Waals surface area contributed by atoms with Crippen LogP contribution in [0.25, 0.3) is 11.4 Å². The molecule has 0 radical (unpaired) electrons. The molecule has 0 atom stereocenters. The van der Waals surface area contributed by atoms with Gasteiger partial charge in [0.05, 0.1) is 0 Å². The number of aromatic amines is 1. The van der Waals surface area contributed by atoms with E-state index in [2.05, 4.69) is 9.97 Å². The molecule has 4 saturated carbocycles. The van der Waals surface area contributed by atoms with Crippen molar-refractivity contribution < 1.29 is 5.11 Å². The minimum Gasteiger partial charge on any atom is -0.508 e. The summed E-state index contributed by atoms with van der Waals surface area (Å²) in [7, 11) is 0. The number of aromatic nitrogens is 2. The number of hydrogen-bond acceptors (Lipinski definition) is 2. The highest BCUT2D eigenvalue weighted by molar-refractivity contribution is 5.57. The van der Waals surface area contributed by atoms with E-state index < -0.39 is 0 Å². The molecule has 4 aliphatic carbocycles. The fourth-order valence-corrected chi connectivity index (χ4v) is 6.28. The summed E-state index contributed by atoms with van der Waals surface area (Å²) in [5.41, 5.74) is 2.82. The number of benzene rings is 1. The summed E-state index contributed by atoms with van der Waals surface area (Å²) in [6.07, 6.45) is 13.4. The molecule has 0 spiro atoms. The zero-order valence-electron chi connectivity index (χ0n) is 14.2. The summed E-state index contributed by atoms with van der Waals surface area (Å²) < 4.78 is 0. The quantitative estimate of drug-likeness (QED) is 0.838. The molecule has 4 bridgehead atoms. The molecule has 1 aromatic heterocycles. The standard InChI is InChI=1S/C21H26N2O/c24-19-3-1-2-17(9-19)20-22-13-18(23-20)4-5-21-10-14-6-15(11-21)8-16(7-14)12-21/h1-3,9,13-16,24H,4-8,10-12H2,(H,22,23). The summed E-state index contributed by atoms with van der Waals surface area (Å²) >= 11 is 0. The Balaban J connectivity index is 1.29. The van der Waals surface area contributed by atoms with Gasteiger partial charge in [-0.25, -0.2) is 4.98 Å². The van der Waals surface area contributed by atoms with Crippen molar-refractivity contribution in [3.63, 3.8) is 0 Å². The highest BCUT2D eigenvalue weighted by atomic mass is 16.3. The molecule has 126 valence electrons. The van der Waals surface area contributed by atoms with Crippen LogP contribution in [0.15, 0.2) is 30.5 Å². The average Bonchev–Trinajstić information content (AvgIpc) is 3.01. The number of nitrogens with zero attached hydrogens (tertiary/aromatic N) is 1. The van der Waals surface area contributed by atoms with Gasteiger partial charge in [0.25, 0.3) is 0 Å². The fourth-order valence-electron chi connectivity index (χ4n) is 6.28. The Morgan fingerprint density at radius 2 is 1.79 bits per heavy atom. The maximum Gasteiger partial charge on any atom is 0.137 e. The summed E-state index contributed by atoms with van der Waals surface area (Å²) in [5, 5.41) is 9.64. The normalized spacial score (nSPS) is 33.9. The van der Waals surface area contributed by atoms with Gasteiger partial charge in [0, 0.05) is 17.5 Å². The van der Waals surface area contributed by atoms with E-state index in [1.807, 2.05) is 18.3 Å². The van der Waals surface area contributed by atoms with E-state index in [0.29, 0.717) is 11.2 Å². The Morgan fingerprint density at radius 3 is 2.46 bits per heavy atom. The maximum absolute atomic E-state index is 9.64. The molecular weight excluding hydrogens is 296 g/mol. The smallest absolute Gasteiger partial charge is 0.137 e. The lowest BCUT2D eigenvalue weighted by molar-refractivity contribution is -0.0570. The van der Waals surface area contributed by atoms with Crippen molar-refractivity contribution in [3.05, 3.63) is 36.2 Å². The number of H-pyrrole nitrogens is 1. The van der Waals surface area contributed by atoms with E-state index in [9.17, 15) is 5.11 Å². The number of rotatable bonds is 4. The monoisotopic (exact) mass is 322 g/mol. The average molecular weight is 322 g/mol. The lowest BCUT2D eigenvalue weighted by Gasteiger charge is -2.57. The predicted octanol–water partition coefficient (Wildman–Crippen LogP) is 4.93. The topological polar surface area (TPSA) is 48.9 Å². The first-order valence-corrected chi connectivity index (χ1v) is 9.51. The molecule has 24 heavy (non-hydrogen) atoms. The maximum atomic E-state index is 9.64. The second kappa shape index (κ2) is 5.37.